The molecule has 2 amide bonds. The van der Waals surface area contributed by atoms with E-state index < -0.39 is 21.6 Å². The summed E-state index contributed by atoms with van der Waals surface area (Å²) in [6.45, 7) is 10.2. The molecule has 1 N–H and O–H groups in total. The highest BCUT2D eigenvalue weighted by atomic mass is 32.2. The third kappa shape index (κ3) is 10.0. The zero-order valence-corrected chi connectivity index (χ0v) is 26.6. The van der Waals surface area contributed by atoms with Crippen molar-refractivity contribution in [2.75, 3.05) is 17.1 Å². The second kappa shape index (κ2) is 14.5. The lowest BCUT2D eigenvalue weighted by Gasteiger charge is -2.34. The van der Waals surface area contributed by atoms with Gasteiger partial charge in [0, 0.05) is 31.5 Å². The molecule has 0 bridgehead atoms. The SMILES string of the molecule is CCc1ccc(N(CCCC(=O)N(Cc2ccc(C)cc2)C(Cc2ccccc2)C(=O)NC(C)(C)C)S(C)(=O)=O)cc1. The molecule has 0 fully saturated rings. The molecule has 3 rings (SSSR count). The van der Waals surface area contributed by atoms with Crippen LogP contribution in [0, 0.1) is 6.92 Å². The fraction of sp³-hybridized carbons (Fsp3) is 0.412. The van der Waals surface area contributed by atoms with Crippen LogP contribution in [0.25, 0.3) is 0 Å². The molecule has 226 valence electrons. The number of aryl methyl sites for hydroxylation is 2. The van der Waals surface area contributed by atoms with Crippen LogP contribution in [0.2, 0.25) is 0 Å². The van der Waals surface area contributed by atoms with E-state index in [0.717, 1.165) is 28.7 Å². The fourth-order valence-corrected chi connectivity index (χ4v) is 5.76. The molecule has 8 heteroatoms. The maximum absolute atomic E-state index is 13.9. The molecule has 0 saturated carbocycles. The molecular formula is C34H45N3O4S. The van der Waals surface area contributed by atoms with E-state index in [1.54, 1.807) is 17.0 Å². The zero-order chi connectivity index (χ0) is 30.9. The first-order valence-corrected chi connectivity index (χ1v) is 16.4. The van der Waals surface area contributed by atoms with Gasteiger partial charge in [0.1, 0.15) is 6.04 Å². The van der Waals surface area contributed by atoms with Crippen molar-refractivity contribution in [3.8, 4) is 0 Å². The first kappa shape index (κ1) is 32.9. The predicted molar refractivity (Wildman–Crippen MR) is 171 cm³/mol. The summed E-state index contributed by atoms with van der Waals surface area (Å²) in [5.41, 5.74) is 4.19. The van der Waals surface area contributed by atoms with Crippen molar-refractivity contribution >= 4 is 27.5 Å². The third-order valence-corrected chi connectivity index (χ3v) is 8.22. The summed E-state index contributed by atoms with van der Waals surface area (Å²) < 4.78 is 26.7. The van der Waals surface area contributed by atoms with Crippen LogP contribution in [0.4, 0.5) is 5.69 Å². The summed E-state index contributed by atoms with van der Waals surface area (Å²) in [6, 6.07) is 24.3. The van der Waals surface area contributed by atoms with E-state index >= 15 is 0 Å². The third-order valence-electron chi connectivity index (χ3n) is 7.03. The Morgan fingerprint density at radius 1 is 0.857 bits per heavy atom. The van der Waals surface area contributed by atoms with Crippen molar-refractivity contribution in [2.24, 2.45) is 0 Å². The van der Waals surface area contributed by atoms with Crippen molar-refractivity contribution in [1.82, 2.24) is 10.2 Å². The van der Waals surface area contributed by atoms with Crippen LogP contribution in [0.3, 0.4) is 0 Å². The van der Waals surface area contributed by atoms with Crippen LogP contribution in [0.15, 0.2) is 78.9 Å². The maximum atomic E-state index is 13.9. The minimum Gasteiger partial charge on any atom is -0.350 e. The summed E-state index contributed by atoms with van der Waals surface area (Å²) in [6.07, 6.45) is 2.81. The molecule has 3 aromatic carbocycles. The number of carbonyl (C=O) groups excluding carboxylic acids is 2. The van der Waals surface area contributed by atoms with E-state index in [-0.39, 0.29) is 31.3 Å². The van der Waals surface area contributed by atoms with Gasteiger partial charge in [0.2, 0.25) is 21.8 Å². The van der Waals surface area contributed by atoms with E-state index in [4.69, 9.17) is 0 Å². The minimum atomic E-state index is -3.55. The van der Waals surface area contributed by atoms with Gasteiger partial charge in [0.05, 0.1) is 11.9 Å². The van der Waals surface area contributed by atoms with Gasteiger partial charge in [-0.1, -0.05) is 79.2 Å². The number of rotatable bonds is 13. The number of amides is 2. The highest BCUT2D eigenvalue weighted by Crippen LogP contribution is 2.21. The van der Waals surface area contributed by atoms with Gasteiger partial charge >= 0.3 is 0 Å². The smallest absolute Gasteiger partial charge is 0.243 e. The Kier molecular flexibility index (Phi) is 11.3. The second-order valence-electron chi connectivity index (χ2n) is 11.9. The molecule has 0 aliphatic rings. The van der Waals surface area contributed by atoms with E-state index in [1.807, 2.05) is 101 Å². The molecule has 0 aliphatic carbocycles. The van der Waals surface area contributed by atoms with Gasteiger partial charge in [-0.15, -0.1) is 0 Å². The fourth-order valence-electron chi connectivity index (χ4n) is 4.80. The summed E-state index contributed by atoms with van der Waals surface area (Å²) in [4.78, 5) is 29.3. The molecule has 0 spiro atoms. The number of hydrogen-bond donors (Lipinski definition) is 1. The summed E-state index contributed by atoms with van der Waals surface area (Å²) >= 11 is 0. The quantitative estimate of drug-likeness (QED) is 0.278. The molecule has 3 aromatic rings. The Labute approximate surface area is 252 Å². The molecule has 0 aliphatic heterocycles. The normalized spacial score (nSPS) is 12.4. The molecule has 0 aromatic heterocycles. The predicted octanol–water partition coefficient (Wildman–Crippen LogP) is 5.66. The Bertz CT molecular complexity index is 1410. The maximum Gasteiger partial charge on any atom is 0.243 e. The lowest BCUT2D eigenvalue weighted by molar-refractivity contribution is -0.142. The molecule has 0 saturated heterocycles. The standard InChI is InChI=1S/C34H45N3O4S/c1-7-27-19-21-30(22-20-27)37(42(6,40)41)23-11-14-32(38)36(25-29-17-15-26(2)16-18-29)31(33(39)35-34(3,4)5)24-28-12-9-8-10-13-28/h8-10,12-13,15-22,31H,7,11,14,23-25H2,1-6H3,(H,35,39). The van der Waals surface area contributed by atoms with E-state index in [0.29, 0.717) is 18.5 Å². The Morgan fingerprint density at radius 2 is 1.45 bits per heavy atom. The molecule has 0 radical (unpaired) electrons. The van der Waals surface area contributed by atoms with Gasteiger partial charge in [0.15, 0.2) is 0 Å². The number of nitrogens with one attached hydrogen (secondary N) is 1. The van der Waals surface area contributed by atoms with E-state index in [1.165, 1.54) is 10.6 Å². The highest BCUT2D eigenvalue weighted by Gasteiger charge is 2.32. The Hall–Kier alpha value is -3.65. The number of anilines is 1. The first-order valence-electron chi connectivity index (χ1n) is 14.5. The van der Waals surface area contributed by atoms with Gasteiger partial charge in [-0.2, -0.15) is 0 Å². The number of carbonyl (C=O) groups is 2. The molecule has 1 atom stereocenters. The van der Waals surface area contributed by atoms with Gasteiger partial charge in [-0.3, -0.25) is 13.9 Å². The second-order valence-corrected chi connectivity index (χ2v) is 13.8. The molecule has 1 unspecified atom stereocenters. The van der Waals surface area contributed by atoms with Crippen LogP contribution in [0.5, 0.6) is 0 Å². The summed E-state index contributed by atoms with van der Waals surface area (Å²) in [5.74, 6) is -0.420. The van der Waals surface area contributed by atoms with Crippen molar-refractivity contribution in [2.45, 2.75) is 78.4 Å². The van der Waals surface area contributed by atoms with Crippen LogP contribution < -0.4 is 9.62 Å². The lowest BCUT2D eigenvalue weighted by Crippen LogP contribution is -2.54. The number of hydrogen-bond acceptors (Lipinski definition) is 4. The Balaban J connectivity index is 1.88. The van der Waals surface area contributed by atoms with Gasteiger partial charge in [-0.25, -0.2) is 8.42 Å². The lowest BCUT2D eigenvalue weighted by atomic mass is 10.00. The molecule has 42 heavy (non-hydrogen) atoms. The van der Waals surface area contributed by atoms with Crippen LogP contribution in [0.1, 0.15) is 62.8 Å². The summed E-state index contributed by atoms with van der Waals surface area (Å²) in [5, 5.41) is 3.07. The number of benzene rings is 3. The molecule has 0 heterocycles. The van der Waals surface area contributed by atoms with Crippen LogP contribution >= 0.6 is 0 Å². The number of sulfonamides is 1. The van der Waals surface area contributed by atoms with Crippen molar-refractivity contribution in [1.29, 1.82) is 0 Å². The zero-order valence-electron chi connectivity index (χ0n) is 25.8. The monoisotopic (exact) mass is 591 g/mol. The molecule has 7 nitrogen and oxygen atoms in total. The van der Waals surface area contributed by atoms with E-state index in [9.17, 15) is 18.0 Å². The van der Waals surface area contributed by atoms with Crippen LogP contribution in [-0.4, -0.2) is 49.5 Å². The van der Waals surface area contributed by atoms with Crippen molar-refractivity contribution in [3.05, 3.63) is 101 Å². The van der Waals surface area contributed by atoms with Crippen LogP contribution in [-0.2, 0) is 39.0 Å². The Morgan fingerprint density at radius 3 is 2.00 bits per heavy atom. The number of nitrogens with zero attached hydrogens (tertiary/aromatic N) is 2. The summed E-state index contributed by atoms with van der Waals surface area (Å²) in [7, 11) is -3.55. The van der Waals surface area contributed by atoms with Gasteiger partial charge < -0.3 is 10.2 Å². The molecular weight excluding hydrogens is 546 g/mol. The van der Waals surface area contributed by atoms with Gasteiger partial charge in [0.25, 0.3) is 0 Å². The average Bonchev–Trinajstić information content (AvgIpc) is 2.93. The van der Waals surface area contributed by atoms with Gasteiger partial charge in [-0.05, 0) is 69.4 Å². The van der Waals surface area contributed by atoms with Crippen molar-refractivity contribution in [3.63, 3.8) is 0 Å². The van der Waals surface area contributed by atoms with Crippen molar-refractivity contribution < 1.29 is 18.0 Å². The topological polar surface area (TPSA) is 86.8 Å². The largest absolute Gasteiger partial charge is 0.350 e. The highest BCUT2D eigenvalue weighted by molar-refractivity contribution is 7.92. The minimum absolute atomic E-state index is 0.0962. The van der Waals surface area contributed by atoms with E-state index in [2.05, 4.69) is 5.32 Å². The first-order chi connectivity index (χ1) is 19.8. The average molecular weight is 592 g/mol.